The Labute approximate surface area is 132 Å². The third-order valence-electron chi connectivity index (χ3n) is 4.96. The van der Waals surface area contributed by atoms with E-state index in [-0.39, 0.29) is 23.8 Å². The maximum absolute atomic E-state index is 14.1. The van der Waals surface area contributed by atoms with Crippen molar-refractivity contribution in [2.24, 2.45) is 11.3 Å². The molecule has 1 aromatic carbocycles. The van der Waals surface area contributed by atoms with Crippen LogP contribution in [0, 0.1) is 23.0 Å². The molecule has 2 fully saturated rings. The van der Waals surface area contributed by atoms with Crippen LogP contribution in [-0.4, -0.2) is 49.4 Å². The van der Waals surface area contributed by atoms with E-state index in [0.717, 1.165) is 6.07 Å². The number of halogens is 2. The van der Waals surface area contributed by atoms with Crippen LogP contribution in [0.2, 0.25) is 0 Å². The van der Waals surface area contributed by atoms with E-state index in [4.69, 9.17) is 9.47 Å². The standard InChI is InChI=1S/C16H19F2NO4/c1-22-13-3-2-12(17)14(18)11(13)7-19-6-10-8-23-5-4-16(10,9-19)15(20)21/h2-3,10H,4-9H2,1H3,(H,20,21)/t10-,16+/m1/s1. The molecule has 2 heterocycles. The van der Waals surface area contributed by atoms with Crippen LogP contribution < -0.4 is 4.74 Å². The maximum Gasteiger partial charge on any atom is 0.311 e. The van der Waals surface area contributed by atoms with Crippen LogP contribution in [0.25, 0.3) is 0 Å². The number of likely N-dealkylation sites (tertiary alicyclic amines) is 1. The van der Waals surface area contributed by atoms with Gasteiger partial charge in [0.15, 0.2) is 11.6 Å². The topological polar surface area (TPSA) is 59.0 Å². The number of fused-ring (bicyclic) bond motifs is 1. The summed E-state index contributed by atoms with van der Waals surface area (Å²) in [7, 11) is 1.40. The molecule has 2 aliphatic rings. The number of methoxy groups -OCH3 is 1. The van der Waals surface area contributed by atoms with E-state index in [0.29, 0.717) is 32.7 Å². The highest BCUT2D eigenvalue weighted by molar-refractivity contribution is 5.76. The molecule has 1 N–H and O–H groups in total. The van der Waals surface area contributed by atoms with Gasteiger partial charge >= 0.3 is 5.97 Å². The van der Waals surface area contributed by atoms with Crippen molar-refractivity contribution in [3.05, 3.63) is 29.3 Å². The highest BCUT2D eigenvalue weighted by Gasteiger charge is 2.53. The Hall–Kier alpha value is -1.73. The number of carbonyl (C=O) groups is 1. The van der Waals surface area contributed by atoms with Crippen molar-refractivity contribution in [2.45, 2.75) is 13.0 Å². The number of carboxylic acids is 1. The third-order valence-corrected chi connectivity index (χ3v) is 4.96. The Morgan fingerprint density at radius 2 is 2.30 bits per heavy atom. The fourth-order valence-electron chi connectivity index (χ4n) is 3.66. The first-order valence-corrected chi connectivity index (χ1v) is 7.52. The van der Waals surface area contributed by atoms with Crippen LogP contribution in [0.5, 0.6) is 5.75 Å². The fourth-order valence-corrected chi connectivity index (χ4v) is 3.66. The third kappa shape index (κ3) is 2.68. The lowest BCUT2D eigenvalue weighted by Gasteiger charge is -2.34. The predicted octanol–water partition coefficient (Wildman–Crippen LogP) is 1.90. The second kappa shape index (κ2) is 6.05. The highest BCUT2D eigenvalue weighted by Crippen LogP contribution is 2.43. The van der Waals surface area contributed by atoms with Crippen LogP contribution in [-0.2, 0) is 16.1 Å². The molecule has 3 rings (SSSR count). The van der Waals surface area contributed by atoms with E-state index in [9.17, 15) is 18.7 Å². The monoisotopic (exact) mass is 327 g/mol. The molecular weight excluding hydrogens is 308 g/mol. The minimum atomic E-state index is -0.945. The molecule has 0 amide bonds. The summed E-state index contributed by atoms with van der Waals surface area (Å²) in [6, 6.07) is 2.40. The van der Waals surface area contributed by atoms with Gasteiger partial charge in [-0.25, -0.2) is 8.78 Å². The number of aliphatic carboxylic acids is 1. The van der Waals surface area contributed by atoms with Gasteiger partial charge in [0.2, 0.25) is 0 Å². The first-order chi connectivity index (χ1) is 11.0. The van der Waals surface area contributed by atoms with Gasteiger partial charge in [-0.1, -0.05) is 0 Å². The largest absolute Gasteiger partial charge is 0.496 e. The van der Waals surface area contributed by atoms with E-state index in [1.165, 1.54) is 13.2 Å². The Morgan fingerprint density at radius 1 is 1.52 bits per heavy atom. The van der Waals surface area contributed by atoms with Crippen LogP contribution in [0.3, 0.4) is 0 Å². The summed E-state index contributed by atoms with van der Waals surface area (Å²) in [5.41, 5.74) is -0.748. The van der Waals surface area contributed by atoms with Gasteiger partial charge in [-0.15, -0.1) is 0 Å². The lowest BCUT2D eigenvalue weighted by Crippen LogP contribution is -2.44. The molecule has 0 bridgehead atoms. The average Bonchev–Trinajstić information content (AvgIpc) is 2.91. The van der Waals surface area contributed by atoms with Crippen molar-refractivity contribution in [1.82, 2.24) is 4.90 Å². The zero-order valence-electron chi connectivity index (χ0n) is 12.8. The number of hydrogen-bond acceptors (Lipinski definition) is 4. The Kier molecular flexibility index (Phi) is 4.25. The van der Waals surface area contributed by atoms with Crippen molar-refractivity contribution >= 4 is 5.97 Å². The van der Waals surface area contributed by atoms with E-state index in [1.807, 2.05) is 4.90 Å². The zero-order valence-corrected chi connectivity index (χ0v) is 12.8. The van der Waals surface area contributed by atoms with Crippen molar-refractivity contribution in [2.75, 3.05) is 33.4 Å². The lowest BCUT2D eigenvalue weighted by atomic mass is 9.74. The Bertz CT molecular complexity index is 624. The molecule has 2 saturated heterocycles. The van der Waals surface area contributed by atoms with Crippen LogP contribution in [0.1, 0.15) is 12.0 Å². The SMILES string of the molecule is COc1ccc(F)c(F)c1CN1C[C@@H]2COCC[C@]2(C(=O)O)C1. The summed E-state index contributed by atoms with van der Waals surface area (Å²) < 4.78 is 38.1. The molecule has 23 heavy (non-hydrogen) atoms. The van der Waals surface area contributed by atoms with Gasteiger partial charge < -0.3 is 14.6 Å². The molecule has 2 atom stereocenters. The smallest absolute Gasteiger partial charge is 0.311 e. The first-order valence-electron chi connectivity index (χ1n) is 7.52. The average molecular weight is 327 g/mol. The van der Waals surface area contributed by atoms with Gasteiger partial charge in [-0.3, -0.25) is 9.69 Å². The summed E-state index contributed by atoms with van der Waals surface area (Å²) in [5.74, 6) is -2.61. The minimum absolute atomic E-state index is 0.109. The Balaban J connectivity index is 1.85. The highest BCUT2D eigenvalue weighted by atomic mass is 19.2. The molecule has 0 spiro atoms. The summed E-state index contributed by atoms with van der Waals surface area (Å²) in [6.07, 6.45) is 0.437. The van der Waals surface area contributed by atoms with Crippen molar-refractivity contribution in [3.63, 3.8) is 0 Å². The lowest BCUT2D eigenvalue weighted by molar-refractivity contribution is -0.157. The molecule has 126 valence electrons. The second-order valence-corrected chi connectivity index (χ2v) is 6.19. The number of nitrogens with zero attached hydrogens (tertiary/aromatic N) is 1. The van der Waals surface area contributed by atoms with Crippen LogP contribution in [0.15, 0.2) is 12.1 Å². The summed E-state index contributed by atoms with van der Waals surface area (Å²) >= 11 is 0. The van der Waals surface area contributed by atoms with Gasteiger partial charge in [0.1, 0.15) is 5.75 Å². The van der Waals surface area contributed by atoms with Gasteiger partial charge in [-0.05, 0) is 18.6 Å². The number of benzene rings is 1. The molecule has 0 saturated carbocycles. The molecule has 1 aromatic rings. The quantitative estimate of drug-likeness (QED) is 0.915. The van der Waals surface area contributed by atoms with Crippen LogP contribution >= 0.6 is 0 Å². The summed E-state index contributed by atoms with van der Waals surface area (Å²) in [6.45, 7) is 1.68. The maximum atomic E-state index is 14.1. The van der Waals surface area contributed by atoms with Crippen molar-refractivity contribution < 1.29 is 28.2 Å². The summed E-state index contributed by atoms with van der Waals surface area (Å²) in [4.78, 5) is 13.6. The number of carboxylic acid groups (broad SMARTS) is 1. The molecule has 0 radical (unpaired) electrons. The normalized spacial score (nSPS) is 27.7. The predicted molar refractivity (Wildman–Crippen MR) is 77.2 cm³/mol. The molecule has 2 aliphatic heterocycles. The molecule has 5 nitrogen and oxygen atoms in total. The molecule has 0 unspecified atom stereocenters. The molecule has 7 heteroatoms. The first kappa shape index (κ1) is 16.1. The molecule has 0 aromatic heterocycles. The van der Waals surface area contributed by atoms with E-state index in [1.54, 1.807) is 0 Å². The Morgan fingerprint density at radius 3 is 2.96 bits per heavy atom. The number of hydrogen-bond donors (Lipinski definition) is 1. The minimum Gasteiger partial charge on any atom is -0.496 e. The summed E-state index contributed by atoms with van der Waals surface area (Å²) in [5, 5.41) is 9.64. The fraction of sp³-hybridized carbons (Fsp3) is 0.562. The van der Waals surface area contributed by atoms with Gasteiger partial charge in [0.25, 0.3) is 0 Å². The van der Waals surface area contributed by atoms with Crippen molar-refractivity contribution in [1.29, 1.82) is 0 Å². The number of ether oxygens (including phenoxy) is 2. The van der Waals surface area contributed by atoms with Crippen LogP contribution in [0.4, 0.5) is 8.78 Å². The van der Waals surface area contributed by atoms with E-state index >= 15 is 0 Å². The van der Waals surface area contributed by atoms with Gasteiger partial charge in [0.05, 0.1) is 19.1 Å². The van der Waals surface area contributed by atoms with Crippen molar-refractivity contribution in [3.8, 4) is 5.75 Å². The second-order valence-electron chi connectivity index (χ2n) is 6.19. The van der Waals surface area contributed by atoms with E-state index in [2.05, 4.69) is 0 Å². The zero-order chi connectivity index (χ0) is 16.6. The van der Waals surface area contributed by atoms with Gasteiger partial charge in [-0.2, -0.15) is 0 Å². The number of rotatable bonds is 4. The molecular formula is C16H19F2NO4. The van der Waals surface area contributed by atoms with Gasteiger partial charge in [0, 0.05) is 37.7 Å². The molecule has 0 aliphatic carbocycles. The van der Waals surface area contributed by atoms with E-state index < -0.39 is 23.0 Å².